The molecular weight excluding hydrogens is 264 g/mol. The second-order valence-corrected chi connectivity index (χ2v) is 5.18. The Bertz CT molecular complexity index is 652. The molecule has 5 heteroatoms. The Morgan fingerprint density at radius 2 is 2.00 bits per heavy atom. The number of carbonyl (C=O) groups is 1. The molecular formula is C16H18N4O. The van der Waals surface area contributed by atoms with E-state index < -0.39 is 0 Å². The summed E-state index contributed by atoms with van der Waals surface area (Å²) in [6.07, 6.45) is 6.04. The van der Waals surface area contributed by atoms with Gasteiger partial charge in [-0.15, -0.1) is 0 Å². The molecule has 2 aromatic rings. The minimum atomic E-state index is -0.148. The minimum Gasteiger partial charge on any atom is -0.322 e. The first-order chi connectivity index (χ1) is 10.3. The normalized spacial score (nSPS) is 13.4. The molecule has 1 aliphatic carbocycles. The molecule has 108 valence electrons. The van der Waals surface area contributed by atoms with Crippen LogP contribution in [0.1, 0.15) is 34.3 Å². The molecule has 1 amide bonds. The second kappa shape index (κ2) is 5.93. The van der Waals surface area contributed by atoms with Crippen LogP contribution in [0, 0.1) is 0 Å². The molecule has 1 aromatic heterocycles. The van der Waals surface area contributed by atoms with Crippen LogP contribution >= 0.6 is 0 Å². The first kappa shape index (κ1) is 13.6. The lowest BCUT2D eigenvalue weighted by Gasteiger charge is -2.19. The van der Waals surface area contributed by atoms with E-state index in [-0.39, 0.29) is 5.91 Å². The van der Waals surface area contributed by atoms with Gasteiger partial charge in [-0.05, 0) is 55.0 Å². The van der Waals surface area contributed by atoms with Crippen LogP contribution in [0.4, 0.5) is 11.5 Å². The van der Waals surface area contributed by atoms with Crippen LogP contribution in [-0.2, 0) is 12.8 Å². The molecule has 1 aromatic carbocycles. The fourth-order valence-electron chi connectivity index (χ4n) is 2.71. The van der Waals surface area contributed by atoms with Gasteiger partial charge in [0, 0.05) is 11.9 Å². The van der Waals surface area contributed by atoms with Crippen LogP contribution < -0.4 is 16.6 Å². The summed E-state index contributed by atoms with van der Waals surface area (Å²) in [6, 6.07) is 9.49. The van der Waals surface area contributed by atoms with Gasteiger partial charge in [0.2, 0.25) is 0 Å². The van der Waals surface area contributed by atoms with Gasteiger partial charge in [0.15, 0.2) is 0 Å². The zero-order valence-corrected chi connectivity index (χ0v) is 11.7. The van der Waals surface area contributed by atoms with Crippen molar-refractivity contribution in [2.24, 2.45) is 5.84 Å². The van der Waals surface area contributed by atoms with E-state index in [0.29, 0.717) is 11.4 Å². The van der Waals surface area contributed by atoms with Crippen molar-refractivity contribution in [3.63, 3.8) is 0 Å². The number of benzene rings is 1. The molecule has 0 radical (unpaired) electrons. The molecule has 0 saturated heterocycles. The number of hydrogen-bond donors (Lipinski definition) is 3. The van der Waals surface area contributed by atoms with Crippen molar-refractivity contribution in [1.82, 2.24) is 4.98 Å². The van der Waals surface area contributed by atoms with E-state index >= 15 is 0 Å². The summed E-state index contributed by atoms with van der Waals surface area (Å²) in [4.78, 5) is 16.3. The predicted octanol–water partition coefficient (Wildman–Crippen LogP) is 2.50. The number of anilines is 2. The minimum absolute atomic E-state index is 0.148. The third-order valence-corrected chi connectivity index (χ3v) is 3.82. The van der Waals surface area contributed by atoms with Crippen LogP contribution in [0.25, 0.3) is 0 Å². The van der Waals surface area contributed by atoms with Crippen molar-refractivity contribution in [3.8, 4) is 0 Å². The number of aryl methyl sites for hydroxylation is 1. The Morgan fingerprint density at radius 1 is 1.14 bits per heavy atom. The van der Waals surface area contributed by atoms with Crippen molar-refractivity contribution >= 4 is 17.4 Å². The molecule has 0 aliphatic heterocycles. The highest BCUT2D eigenvalue weighted by molar-refractivity contribution is 6.04. The number of amides is 1. The number of rotatable bonds is 3. The van der Waals surface area contributed by atoms with Gasteiger partial charge in [0.25, 0.3) is 5.91 Å². The molecule has 0 saturated carbocycles. The lowest BCUT2D eigenvalue weighted by Crippen LogP contribution is -2.16. The molecule has 0 unspecified atom stereocenters. The van der Waals surface area contributed by atoms with E-state index in [1.807, 2.05) is 12.1 Å². The zero-order valence-electron chi connectivity index (χ0n) is 11.7. The fourth-order valence-corrected chi connectivity index (χ4v) is 2.71. The zero-order chi connectivity index (χ0) is 14.7. The van der Waals surface area contributed by atoms with Crippen LogP contribution in [0.2, 0.25) is 0 Å². The lowest BCUT2D eigenvalue weighted by atomic mass is 9.90. The van der Waals surface area contributed by atoms with Crippen LogP contribution in [0.5, 0.6) is 0 Å². The topological polar surface area (TPSA) is 80.0 Å². The van der Waals surface area contributed by atoms with Gasteiger partial charge >= 0.3 is 0 Å². The summed E-state index contributed by atoms with van der Waals surface area (Å²) in [7, 11) is 0. The highest BCUT2D eigenvalue weighted by Crippen LogP contribution is 2.28. The van der Waals surface area contributed by atoms with Gasteiger partial charge in [-0.1, -0.05) is 12.1 Å². The van der Waals surface area contributed by atoms with Crippen molar-refractivity contribution in [2.75, 3.05) is 10.7 Å². The van der Waals surface area contributed by atoms with Crippen LogP contribution in [-0.4, -0.2) is 10.9 Å². The number of nitrogen functional groups attached to an aromatic ring is 1. The number of nitrogens with two attached hydrogens (primary N) is 1. The number of fused-ring (bicyclic) bond motifs is 1. The summed E-state index contributed by atoms with van der Waals surface area (Å²) in [6.45, 7) is 0. The van der Waals surface area contributed by atoms with Crippen LogP contribution in [0.15, 0.2) is 36.5 Å². The quantitative estimate of drug-likeness (QED) is 0.597. The molecule has 5 nitrogen and oxygen atoms in total. The molecule has 4 N–H and O–H groups in total. The number of nitrogens with one attached hydrogen (secondary N) is 2. The predicted molar refractivity (Wildman–Crippen MR) is 83.1 cm³/mol. The highest BCUT2D eigenvalue weighted by Gasteiger charge is 2.15. The standard InChI is InChI=1S/C16H18N4O/c17-20-15-9-8-12(10-18-15)16(21)19-14-7-3-5-11-4-1-2-6-13(11)14/h3,5,7-10H,1-2,4,6,17H2,(H,18,20)(H,19,21). The SMILES string of the molecule is NNc1ccc(C(=O)Nc2cccc3c2CCCC3)cn1. The van der Waals surface area contributed by atoms with E-state index in [1.165, 1.54) is 30.2 Å². The average Bonchev–Trinajstić information content (AvgIpc) is 2.55. The molecule has 1 heterocycles. The maximum atomic E-state index is 12.3. The Kier molecular flexibility index (Phi) is 3.83. The van der Waals surface area contributed by atoms with E-state index in [1.54, 1.807) is 12.1 Å². The van der Waals surface area contributed by atoms with Crippen molar-refractivity contribution in [1.29, 1.82) is 0 Å². The number of pyridine rings is 1. The van der Waals surface area contributed by atoms with Gasteiger partial charge in [-0.3, -0.25) is 4.79 Å². The monoisotopic (exact) mass is 282 g/mol. The van der Waals surface area contributed by atoms with E-state index in [0.717, 1.165) is 18.5 Å². The van der Waals surface area contributed by atoms with Gasteiger partial charge in [-0.2, -0.15) is 0 Å². The maximum Gasteiger partial charge on any atom is 0.257 e. The molecule has 3 rings (SSSR count). The Hall–Kier alpha value is -2.40. The molecule has 0 spiro atoms. The second-order valence-electron chi connectivity index (χ2n) is 5.18. The maximum absolute atomic E-state index is 12.3. The van der Waals surface area contributed by atoms with Crippen molar-refractivity contribution in [3.05, 3.63) is 53.2 Å². The summed E-state index contributed by atoms with van der Waals surface area (Å²) in [5.41, 5.74) is 6.49. The average molecular weight is 282 g/mol. The highest BCUT2D eigenvalue weighted by atomic mass is 16.1. The number of hydrazine groups is 1. The Labute approximate surface area is 123 Å². The van der Waals surface area contributed by atoms with E-state index in [4.69, 9.17) is 5.84 Å². The van der Waals surface area contributed by atoms with Crippen LogP contribution in [0.3, 0.4) is 0 Å². The van der Waals surface area contributed by atoms with Gasteiger partial charge in [-0.25, -0.2) is 10.8 Å². The van der Waals surface area contributed by atoms with Gasteiger partial charge in [0.1, 0.15) is 5.82 Å². The summed E-state index contributed by atoms with van der Waals surface area (Å²) in [5.74, 6) is 5.65. The summed E-state index contributed by atoms with van der Waals surface area (Å²) < 4.78 is 0. The smallest absolute Gasteiger partial charge is 0.257 e. The van der Waals surface area contributed by atoms with Gasteiger partial charge in [0.05, 0.1) is 5.56 Å². The molecule has 21 heavy (non-hydrogen) atoms. The number of carbonyl (C=O) groups excluding carboxylic acids is 1. The fraction of sp³-hybridized carbons (Fsp3) is 0.250. The number of aromatic nitrogens is 1. The molecule has 0 fully saturated rings. The Morgan fingerprint density at radius 3 is 2.76 bits per heavy atom. The molecule has 0 atom stereocenters. The Balaban J connectivity index is 1.81. The molecule has 0 bridgehead atoms. The first-order valence-electron chi connectivity index (χ1n) is 7.13. The van der Waals surface area contributed by atoms with E-state index in [2.05, 4.69) is 21.8 Å². The van der Waals surface area contributed by atoms with Crippen molar-refractivity contribution < 1.29 is 4.79 Å². The summed E-state index contributed by atoms with van der Waals surface area (Å²) >= 11 is 0. The van der Waals surface area contributed by atoms with E-state index in [9.17, 15) is 4.79 Å². The third-order valence-electron chi connectivity index (χ3n) is 3.82. The summed E-state index contributed by atoms with van der Waals surface area (Å²) in [5, 5.41) is 2.99. The largest absolute Gasteiger partial charge is 0.322 e. The van der Waals surface area contributed by atoms with Gasteiger partial charge < -0.3 is 10.7 Å². The number of nitrogens with zero attached hydrogens (tertiary/aromatic N) is 1. The molecule has 1 aliphatic rings. The third kappa shape index (κ3) is 2.87. The first-order valence-corrected chi connectivity index (χ1v) is 7.13. The lowest BCUT2D eigenvalue weighted by molar-refractivity contribution is 0.102. The number of hydrogen-bond acceptors (Lipinski definition) is 4. The van der Waals surface area contributed by atoms with Crippen molar-refractivity contribution in [2.45, 2.75) is 25.7 Å².